The number of carbonyl (C=O) groups excluding carboxylic acids is 1. The maximum absolute atomic E-state index is 11.9. The van der Waals surface area contributed by atoms with E-state index in [-0.39, 0.29) is 0 Å². The van der Waals surface area contributed by atoms with Gasteiger partial charge in [-0.2, -0.15) is 0 Å². The smallest absolute Gasteiger partial charge is 0.137 e. The number of Topliss-reactive ketones (excluding diaryl/α,β-unsaturated/α-hetero) is 1. The van der Waals surface area contributed by atoms with Crippen molar-refractivity contribution in [1.82, 2.24) is 4.98 Å². The largest absolute Gasteiger partial charge is 0.299 e. The van der Waals surface area contributed by atoms with Gasteiger partial charge < -0.3 is 0 Å². The lowest BCUT2D eigenvalue weighted by molar-refractivity contribution is -0.119. The van der Waals surface area contributed by atoms with E-state index in [4.69, 9.17) is 0 Å². The van der Waals surface area contributed by atoms with Gasteiger partial charge in [0.1, 0.15) is 5.78 Å². The molecule has 2 heteroatoms. The number of aryl methyl sites for hydroxylation is 1. The van der Waals surface area contributed by atoms with Gasteiger partial charge in [0.25, 0.3) is 0 Å². The highest BCUT2D eigenvalue weighted by Gasteiger charge is 2.09. The van der Waals surface area contributed by atoms with Gasteiger partial charge in [-0.25, -0.2) is 0 Å². The lowest BCUT2D eigenvalue weighted by Gasteiger charge is -2.07. The molecule has 0 aliphatic carbocycles. The fourth-order valence-electron chi connectivity index (χ4n) is 2.19. The second kappa shape index (κ2) is 5.30. The Hall–Kier alpha value is -1.70. The third-order valence-electron chi connectivity index (χ3n) is 2.97. The SMILES string of the molecule is Cc1ccc2cccc(CC(=O)CC(C)C)c2n1. The van der Waals surface area contributed by atoms with Gasteiger partial charge in [0.05, 0.1) is 5.52 Å². The van der Waals surface area contributed by atoms with Crippen LogP contribution in [0.2, 0.25) is 0 Å². The summed E-state index contributed by atoms with van der Waals surface area (Å²) in [6.45, 7) is 6.12. The topological polar surface area (TPSA) is 30.0 Å². The summed E-state index contributed by atoms with van der Waals surface area (Å²) in [5, 5.41) is 1.11. The van der Waals surface area contributed by atoms with Crippen molar-refractivity contribution in [3.05, 3.63) is 41.6 Å². The van der Waals surface area contributed by atoms with Gasteiger partial charge in [0, 0.05) is 23.9 Å². The zero-order chi connectivity index (χ0) is 13.1. The van der Waals surface area contributed by atoms with Crippen LogP contribution < -0.4 is 0 Å². The van der Waals surface area contributed by atoms with Gasteiger partial charge in [-0.05, 0) is 24.5 Å². The zero-order valence-electron chi connectivity index (χ0n) is 11.2. The van der Waals surface area contributed by atoms with E-state index in [2.05, 4.69) is 24.9 Å². The highest BCUT2D eigenvalue weighted by atomic mass is 16.1. The van der Waals surface area contributed by atoms with Crippen molar-refractivity contribution in [2.45, 2.75) is 33.6 Å². The lowest BCUT2D eigenvalue weighted by Crippen LogP contribution is -2.07. The van der Waals surface area contributed by atoms with Gasteiger partial charge in [0.15, 0.2) is 0 Å². The maximum Gasteiger partial charge on any atom is 0.137 e. The Morgan fingerprint density at radius 3 is 2.72 bits per heavy atom. The predicted octanol–water partition coefficient (Wildman–Crippen LogP) is 3.70. The predicted molar refractivity (Wildman–Crippen MR) is 74.6 cm³/mol. The van der Waals surface area contributed by atoms with Crippen LogP contribution in [-0.2, 0) is 11.2 Å². The third-order valence-corrected chi connectivity index (χ3v) is 2.97. The molecule has 2 nitrogen and oxygen atoms in total. The Bertz CT molecular complexity index is 572. The Kier molecular flexibility index (Phi) is 3.75. The Morgan fingerprint density at radius 1 is 1.22 bits per heavy atom. The zero-order valence-corrected chi connectivity index (χ0v) is 11.2. The highest BCUT2D eigenvalue weighted by Crippen LogP contribution is 2.18. The van der Waals surface area contributed by atoms with E-state index in [1.54, 1.807) is 0 Å². The molecule has 0 spiro atoms. The van der Waals surface area contributed by atoms with Crippen molar-refractivity contribution in [1.29, 1.82) is 0 Å². The molecule has 0 radical (unpaired) electrons. The van der Waals surface area contributed by atoms with E-state index in [9.17, 15) is 4.79 Å². The van der Waals surface area contributed by atoms with Gasteiger partial charge in [-0.3, -0.25) is 9.78 Å². The molecule has 0 bridgehead atoms. The molecule has 0 saturated carbocycles. The van der Waals surface area contributed by atoms with Crippen molar-refractivity contribution in [3.63, 3.8) is 0 Å². The van der Waals surface area contributed by atoms with Gasteiger partial charge in [0.2, 0.25) is 0 Å². The van der Waals surface area contributed by atoms with Crippen molar-refractivity contribution >= 4 is 16.7 Å². The van der Waals surface area contributed by atoms with Gasteiger partial charge in [-0.15, -0.1) is 0 Å². The summed E-state index contributed by atoms with van der Waals surface area (Å²) in [5.41, 5.74) is 3.00. The fraction of sp³-hybridized carbons (Fsp3) is 0.375. The molecule has 18 heavy (non-hydrogen) atoms. The number of hydrogen-bond donors (Lipinski definition) is 0. The first-order valence-electron chi connectivity index (χ1n) is 6.43. The van der Waals surface area contributed by atoms with E-state index < -0.39 is 0 Å². The van der Waals surface area contributed by atoms with Crippen LogP contribution in [0.1, 0.15) is 31.5 Å². The van der Waals surface area contributed by atoms with Crippen molar-refractivity contribution in [2.75, 3.05) is 0 Å². The number of nitrogens with zero attached hydrogens (tertiary/aromatic N) is 1. The number of para-hydroxylation sites is 1. The fourth-order valence-corrected chi connectivity index (χ4v) is 2.19. The summed E-state index contributed by atoms with van der Waals surface area (Å²) in [6, 6.07) is 10.1. The van der Waals surface area contributed by atoms with E-state index in [0.717, 1.165) is 22.2 Å². The molecule has 1 heterocycles. The molecule has 0 amide bonds. The van der Waals surface area contributed by atoms with E-state index in [1.165, 1.54) is 0 Å². The number of ketones is 1. The van der Waals surface area contributed by atoms with Crippen LogP contribution in [-0.4, -0.2) is 10.8 Å². The Morgan fingerprint density at radius 2 is 2.00 bits per heavy atom. The molecular formula is C16H19NO. The van der Waals surface area contributed by atoms with Gasteiger partial charge in [-0.1, -0.05) is 38.1 Å². The number of fused-ring (bicyclic) bond motifs is 1. The van der Waals surface area contributed by atoms with Crippen molar-refractivity contribution in [2.24, 2.45) is 5.92 Å². The van der Waals surface area contributed by atoms with Gasteiger partial charge >= 0.3 is 0 Å². The number of carbonyl (C=O) groups is 1. The summed E-state index contributed by atoms with van der Waals surface area (Å²) < 4.78 is 0. The average Bonchev–Trinajstić information content (AvgIpc) is 2.28. The monoisotopic (exact) mass is 241 g/mol. The summed E-state index contributed by atoms with van der Waals surface area (Å²) in [5.74, 6) is 0.711. The molecule has 1 aromatic heterocycles. The minimum atomic E-state index is 0.292. The highest BCUT2D eigenvalue weighted by molar-refractivity contribution is 5.88. The number of aromatic nitrogens is 1. The normalized spacial score (nSPS) is 11.1. The minimum absolute atomic E-state index is 0.292. The molecule has 0 fully saturated rings. The van der Waals surface area contributed by atoms with Crippen LogP contribution >= 0.6 is 0 Å². The van der Waals surface area contributed by atoms with E-state index in [0.29, 0.717) is 24.5 Å². The molecule has 2 aromatic rings. The first kappa shape index (κ1) is 12.7. The second-order valence-corrected chi connectivity index (χ2v) is 5.25. The Labute approximate surface area is 108 Å². The molecule has 0 atom stereocenters. The summed E-state index contributed by atoms with van der Waals surface area (Å²) in [7, 11) is 0. The first-order chi connectivity index (χ1) is 8.56. The molecule has 0 aliphatic rings. The summed E-state index contributed by atoms with van der Waals surface area (Å²) in [6.07, 6.45) is 1.13. The van der Waals surface area contributed by atoms with Crippen LogP contribution in [0.5, 0.6) is 0 Å². The Balaban J connectivity index is 2.33. The summed E-state index contributed by atoms with van der Waals surface area (Å²) >= 11 is 0. The van der Waals surface area contributed by atoms with E-state index in [1.807, 2.05) is 31.2 Å². The molecule has 2 rings (SSSR count). The molecular weight excluding hydrogens is 222 g/mol. The third kappa shape index (κ3) is 2.95. The molecule has 0 unspecified atom stereocenters. The average molecular weight is 241 g/mol. The maximum atomic E-state index is 11.9. The second-order valence-electron chi connectivity index (χ2n) is 5.25. The van der Waals surface area contributed by atoms with E-state index >= 15 is 0 Å². The molecule has 94 valence electrons. The van der Waals surface area contributed by atoms with Crippen LogP contribution in [0.4, 0.5) is 0 Å². The number of benzene rings is 1. The number of pyridine rings is 1. The van der Waals surface area contributed by atoms with Crippen LogP contribution in [0.15, 0.2) is 30.3 Å². The number of hydrogen-bond acceptors (Lipinski definition) is 2. The summed E-state index contributed by atoms with van der Waals surface area (Å²) in [4.78, 5) is 16.5. The minimum Gasteiger partial charge on any atom is -0.299 e. The standard InChI is InChI=1S/C16H19NO/c1-11(2)9-15(18)10-14-6-4-5-13-8-7-12(3)17-16(13)14/h4-8,11H,9-10H2,1-3H3. The lowest BCUT2D eigenvalue weighted by atomic mass is 9.99. The van der Waals surface area contributed by atoms with Crippen molar-refractivity contribution < 1.29 is 4.79 Å². The molecule has 0 N–H and O–H groups in total. The molecule has 0 saturated heterocycles. The van der Waals surface area contributed by atoms with Crippen LogP contribution in [0.3, 0.4) is 0 Å². The first-order valence-corrected chi connectivity index (χ1v) is 6.43. The van der Waals surface area contributed by atoms with Crippen LogP contribution in [0.25, 0.3) is 10.9 Å². The van der Waals surface area contributed by atoms with Crippen LogP contribution in [0, 0.1) is 12.8 Å². The molecule has 0 aliphatic heterocycles. The van der Waals surface area contributed by atoms with Crippen molar-refractivity contribution in [3.8, 4) is 0 Å². The quantitative estimate of drug-likeness (QED) is 0.817. The molecule has 1 aromatic carbocycles. The number of rotatable bonds is 4.